The number of aryl methyl sites for hydroxylation is 1. The summed E-state index contributed by atoms with van der Waals surface area (Å²) >= 11 is 0. The number of nitrogens with one attached hydrogen (secondary N) is 2. The maximum atomic E-state index is 12.5. The van der Waals surface area contributed by atoms with E-state index in [2.05, 4.69) is 15.7 Å². The van der Waals surface area contributed by atoms with Crippen molar-refractivity contribution in [3.63, 3.8) is 0 Å². The van der Waals surface area contributed by atoms with Gasteiger partial charge in [0, 0.05) is 44.0 Å². The van der Waals surface area contributed by atoms with Gasteiger partial charge in [0.25, 0.3) is 0 Å². The van der Waals surface area contributed by atoms with Crippen LogP contribution in [0.5, 0.6) is 5.75 Å². The van der Waals surface area contributed by atoms with Gasteiger partial charge in [-0.3, -0.25) is 9.48 Å². The van der Waals surface area contributed by atoms with E-state index in [9.17, 15) is 9.90 Å². The first-order valence-corrected chi connectivity index (χ1v) is 6.92. The molecule has 3 N–H and O–H groups in total. The van der Waals surface area contributed by atoms with E-state index >= 15 is 0 Å². The molecule has 3 rings (SSSR count). The van der Waals surface area contributed by atoms with Gasteiger partial charge in [-0.25, -0.2) is 0 Å². The summed E-state index contributed by atoms with van der Waals surface area (Å²) in [6.45, 7) is 1.41. The molecule has 0 unspecified atom stereocenters. The number of rotatable bonds is 3. The lowest BCUT2D eigenvalue weighted by Gasteiger charge is -2.17. The molecule has 0 saturated carbocycles. The second-order valence-electron chi connectivity index (χ2n) is 5.36. The molecule has 1 saturated heterocycles. The number of benzene rings is 1. The molecule has 2 atom stereocenters. The Morgan fingerprint density at radius 1 is 1.48 bits per heavy atom. The molecular weight excluding hydrogens is 268 g/mol. The zero-order valence-electron chi connectivity index (χ0n) is 11.8. The van der Waals surface area contributed by atoms with Crippen LogP contribution >= 0.6 is 0 Å². The average Bonchev–Trinajstić information content (AvgIpc) is 3.06. The van der Waals surface area contributed by atoms with Gasteiger partial charge in [0.15, 0.2) is 0 Å². The minimum absolute atomic E-state index is 0.0422. The molecule has 0 aliphatic carbocycles. The van der Waals surface area contributed by atoms with Crippen molar-refractivity contribution in [1.82, 2.24) is 15.1 Å². The van der Waals surface area contributed by atoms with E-state index in [1.807, 2.05) is 19.4 Å². The minimum atomic E-state index is -0.142. The molecule has 110 valence electrons. The zero-order valence-corrected chi connectivity index (χ0v) is 11.8. The third-order valence-corrected chi connectivity index (χ3v) is 3.82. The van der Waals surface area contributed by atoms with Gasteiger partial charge in [0.2, 0.25) is 5.91 Å². The molecule has 1 aromatic heterocycles. The standard InChI is InChI=1S/C15H18N4O2/c1-19-9-10(6-17-19)13-7-16-8-14(13)15(21)18-11-3-2-4-12(20)5-11/h2-6,9,13-14,16,20H,7-8H2,1H3,(H,18,21)/t13-,14+/m1/s1. The summed E-state index contributed by atoms with van der Waals surface area (Å²) in [7, 11) is 1.87. The Balaban J connectivity index is 1.74. The minimum Gasteiger partial charge on any atom is -0.508 e. The van der Waals surface area contributed by atoms with Crippen LogP contribution in [0.25, 0.3) is 0 Å². The second kappa shape index (κ2) is 5.57. The lowest BCUT2D eigenvalue weighted by atomic mass is 9.90. The number of amides is 1. The van der Waals surface area contributed by atoms with Gasteiger partial charge >= 0.3 is 0 Å². The van der Waals surface area contributed by atoms with Crippen molar-refractivity contribution in [3.8, 4) is 5.75 Å². The predicted octanol–water partition coefficient (Wildman–Crippen LogP) is 1.07. The largest absolute Gasteiger partial charge is 0.508 e. The summed E-state index contributed by atoms with van der Waals surface area (Å²) in [5.74, 6) is 0.0770. The maximum absolute atomic E-state index is 12.5. The third-order valence-electron chi connectivity index (χ3n) is 3.82. The van der Waals surface area contributed by atoms with E-state index < -0.39 is 0 Å². The lowest BCUT2D eigenvalue weighted by Crippen LogP contribution is -2.28. The fourth-order valence-electron chi connectivity index (χ4n) is 2.75. The van der Waals surface area contributed by atoms with Gasteiger partial charge in [-0.05, 0) is 17.7 Å². The van der Waals surface area contributed by atoms with Gasteiger partial charge in [-0.15, -0.1) is 0 Å². The van der Waals surface area contributed by atoms with Crippen LogP contribution in [-0.4, -0.2) is 33.9 Å². The number of phenols is 1. The fourth-order valence-corrected chi connectivity index (χ4v) is 2.75. The lowest BCUT2D eigenvalue weighted by molar-refractivity contribution is -0.119. The van der Waals surface area contributed by atoms with Crippen molar-refractivity contribution in [2.24, 2.45) is 13.0 Å². The van der Waals surface area contributed by atoms with E-state index in [0.717, 1.165) is 12.1 Å². The highest BCUT2D eigenvalue weighted by Gasteiger charge is 2.34. The Hall–Kier alpha value is -2.34. The van der Waals surface area contributed by atoms with Crippen LogP contribution in [0.15, 0.2) is 36.7 Å². The van der Waals surface area contributed by atoms with Crippen LogP contribution in [0.4, 0.5) is 5.69 Å². The number of carbonyl (C=O) groups excluding carboxylic acids is 1. The molecule has 0 bridgehead atoms. The number of hydrogen-bond acceptors (Lipinski definition) is 4. The first-order valence-electron chi connectivity index (χ1n) is 6.92. The van der Waals surface area contributed by atoms with Crippen molar-refractivity contribution in [1.29, 1.82) is 0 Å². The Bertz CT molecular complexity index is 653. The van der Waals surface area contributed by atoms with E-state index in [1.165, 1.54) is 0 Å². The van der Waals surface area contributed by atoms with Crippen molar-refractivity contribution in [2.75, 3.05) is 18.4 Å². The van der Waals surface area contributed by atoms with Crippen LogP contribution in [0.2, 0.25) is 0 Å². The highest BCUT2D eigenvalue weighted by molar-refractivity contribution is 5.93. The van der Waals surface area contributed by atoms with E-state index in [4.69, 9.17) is 0 Å². The molecule has 1 amide bonds. The second-order valence-corrected chi connectivity index (χ2v) is 5.36. The van der Waals surface area contributed by atoms with E-state index in [0.29, 0.717) is 12.2 Å². The van der Waals surface area contributed by atoms with Crippen molar-refractivity contribution in [3.05, 3.63) is 42.2 Å². The predicted molar refractivity (Wildman–Crippen MR) is 79.0 cm³/mol. The van der Waals surface area contributed by atoms with Gasteiger partial charge in [-0.1, -0.05) is 6.07 Å². The molecule has 0 radical (unpaired) electrons. The maximum Gasteiger partial charge on any atom is 0.229 e. The van der Waals surface area contributed by atoms with Crippen LogP contribution in [0, 0.1) is 5.92 Å². The van der Waals surface area contributed by atoms with Crippen molar-refractivity contribution in [2.45, 2.75) is 5.92 Å². The molecule has 21 heavy (non-hydrogen) atoms. The van der Waals surface area contributed by atoms with Crippen LogP contribution in [0.3, 0.4) is 0 Å². The summed E-state index contributed by atoms with van der Waals surface area (Å²) in [5.41, 5.74) is 1.68. The smallest absolute Gasteiger partial charge is 0.229 e. The molecule has 0 spiro atoms. The Kier molecular flexibility index (Phi) is 3.62. The van der Waals surface area contributed by atoms with Crippen LogP contribution in [0.1, 0.15) is 11.5 Å². The number of anilines is 1. The highest BCUT2D eigenvalue weighted by Crippen LogP contribution is 2.29. The Morgan fingerprint density at radius 3 is 3.05 bits per heavy atom. The molecule has 6 nitrogen and oxygen atoms in total. The summed E-state index contributed by atoms with van der Waals surface area (Å²) in [6, 6.07) is 6.58. The van der Waals surface area contributed by atoms with Gasteiger partial charge in [0.1, 0.15) is 5.75 Å². The first kappa shape index (κ1) is 13.6. The van der Waals surface area contributed by atoms with Gasteiger partial charge in [0.05, 0.1) is 12.1 Å². The number of phenolic OH excluding ortho intramolecular Hbond substituents is 1. The molecule has 2 aromatic rings. The number of carbonyl (C=O) groups is 1. The Labute approximate surface area is 122 Å². The van der Waals surface area contributed by atoms with Crippen LogP contribution < -0.4 is 10.6 Å². The van der Waals surface area contributed by atoms with Crippen LogP contribution in [-0.2, 0) is 11.8 Å². The number of hydrogen-bond donors (Lipinski definition) is 3. The third kappa shape index (κ3) is 2.90. The van der Waals surface area contributed by atoms with Gasteiger partial charge < -0.3 is 15.7 Å². The van der Waals surface area contributed by atoms with Gasteiger partial charge in [-0.2, -0.15) is 5.10 Å². The molecule has 1 aliphatic heterocycles. The number of aromatic hydroxyl groups is 1. The van der Waals surface area contributed by atoms with Crippen molar-refractivity contribution < 1.29 is 9.90 Å². The summed E-state index contributed by atoms with van der Waals surface area (Å²) in [6.07, 6.45) is 3.76. The summed E-state index contributed by atoms with van der Waals surface area (Å²) in [5, 5.41) is 19.8. The first-order chi connectivity index (χ1) is 10.1. The number of nitrogens with zero attached hydrogens (tertiary/aromatic N) is 2. The quantitative estimate of drug-likeness (QED) is 0.788. The molecule has 1 fully saturated rings. The number of aromatic nitrogens is 2. The summed E-state index contributed by atoms with van der Waals surface area (Å²) in [4.78, 5) is 12.5. The molecule has 2 heterocycles. The Morgan fingerprint density at radius 2 is 2.33 bits per heavy atom. The average molecular weight is 286 g/mol. The highest BCUT2D eigenvalue weighted by atomic mass is 16.3. The monoisotopic (exact) mass is 286 g/mol. The van der Waals surface area contributed by atoms with E-state index in [-0.39, 0.29) is 23.5 Å². The zero-order chi connectivity index (χ0) is 14.8. The molecular formula is C15H18N4O2. The van der Waals surface area contributed by atoms with E-state index in [1.54, 1.807) is 28.9 Å². The summed E-state index contributed by atoms with van der Waals surface area (Å²) < 4.78 is 1.75. The molecule has 6 heteroatoms. The normalized spacial score (nSPS) is 21.4. The van der Waals surface area contributed by atoms with Crippen molar-refractivity contribution >= 4 is 11.6 Å². The molecule has 1 aromatic carbocycles. The molecule has 1 aliphatic rings. The topological polar surface area (TPSA) is 79.2 Å². The fraction of sp³-hybridized carbons (Fsp3) is 0.333. The SMILES string of the molecule is Cn1cc([C@H]2CNC[C@@H]2C(=O)Nc2cccc(O)c2)cn1.